The second-order valence-electron chi connectivity index (χ2n) is 4.93. The summed E-state index contributed by atoms with van der Waals surface area (Å²) in [6.45, 7) is 0.675. The summed E-state index contributed by atoms with van der Waals surface area (Å²) in [6, 6.07) is -1.15. The number of urea groups is 1. The maximum absolute atomic E-state index is 12.1. The van der Waals surface area contributed by atoms with E-state index in [-0.39, 0.29) is 0 Å². The third-order valence-corrected chi connectivity index (χ3v) is 5.01. The van der Waals surface area contributed by atoms with Crippen LogP contribution in [0.4, 0.5) is 4.79 Å². The number of carbonyl (C=O) groups is 1. The van der Waals surface area contributed by atoms with Gasteiger partial charge in [0.2, 0.25) is 0 Å². The molecule has 1 saturated heterocycles. The lowest BCUT2D eigenvalue weighted by Crippen LogP contribution is -2.32. The van der Waals surface area contributed by atoms with Crippen LogP contribution in [0.5, 0.6) is 0 Å². The summed E-state index contributed by atoms with van der Waals surface area (Å²) in [4.78, 5) is 17.9. The standard InChI is InChI=1S/C10H10N4O5S2/c1-12-5-2-13-3-6(7(5)8-9(12)11-4-20-8)14(10(13)15)19-21(16,17)18/h4,6H,2-3H2,1H3,(H,16,17,18). The Hall–Kier alpha value is -1.69. The molecule has 0 spiro atoms. The third-order valence-electron chi connectivity index (χ3n) is 3.81. The smallest absolute Gasteiger partial charge is 0.330 e. The highest BCUT2D eigenvalue weighted by molar-refractivity contribution is 7.80. The number of aryl methyl sites for hydroxylation is 1. The van der Waals surface area contributed by atoms with Gasteiger partial charge in [-0.25, -0.2) is 9.78 Å². The van der Waals surface area contributed by atoms with Crippen LogP contribution in [0.15, 0.2) is 5.51 Å². The molecule has 2 aliphatic heterocycles. The third kappa shape index (κ3) is 1.71. The van der Waals surface area contributed by atoms with Crippen molar-refractivity contribution in [3.05, 3.63) is 16.8 Å². The van der Waals surface area contributed by atoms with Crippen molar-refractivity contribution in [1.29, 1.82) is 0 Å². The number of carbonyl (C=O) groups excluding carboxylic acids is 1. The Morgan fingerprint density at radius 1 is 1.52 bits per heavy atom. The molecule has 0 saturated carbocycles. The second kappa shape index (κ2) is 3.94. The minimum Gasteiger partial charge on any atom is -0.330 e. The van der Waals surface area contributed by atoms with Gasteiger partial charge in [0.05, 0.1) is 23.3 Å². The topological polar surface area (TPSA) is 105 Å². The summed E-state index contributed by atoms with van der Waals surface area (Å²) in [7, 11) is -2.90. The summed E-state index contributed by atoms with van der Waals surface area (Å²) in [5.41, 5.74) is 4.22. The van der Waals surface area contributed by atoms with Gasteiger partial charge in [0.1, 0.15) is 6.04 Å². The van der Waals surface area contributed by atoms with Crippen LogP contribution in [0.3, 0.4) is 0 Å². The number of hydrogen-bond donors (Lipinski definition) is 1. The summed E-state index contributed by atoms with van der Waals surface area (Å²) in [5, 5.41) is 0.723. The molecule has 2 amide bonds. The number of nitrogens with zero attached hydrogens (tertiary/aromatic N) is 4. The van der Waals surface area contributed by atoms with Gasteiger partial charge in [-0.2, -0.15) is 13.5 Å². The van der Waals surface area contributed by atoms with Crippen LogP contribution in [0.2, 0.25) is 0 Å². The summed E-state index contributed by atoms with van der Waals surface area (Å²) < 4.78 is 38.0. The number of fused-ring (bicyclic) bond motifs is 6. The number of hydrogen-bond acceptors (Lipinski definition) is 6. The molecule has 4 rings (SSSR count). The Balaban J connectivity index is 1.90. The van der Waals surface area contributed by atoms with Gasteiger partial charge in [0, 0.05) is 18.3 Å². The first kappa shape index (κ1) is 13.0. The van der Waals surface area contributed by atoms with Crippen molar-refractivity contribution in [2.45, 2.75) is 12.6 Å². The molecule has 2 bridgehead atoms. The average molecular weight is 330 g/mol. The van der Waals surface area contributed by atoms with E-state index in [9.17, 15) is 13.2 Å². The van der Waals surface area contributed by atoms with E-state index < -0.39 is 22.5 Å². The molecular weight excluding hydrogens is 320 g/mol. The van der Waals surface area contributed by atoms with Gasteiger partial charge in [0.25, 0.3) is 0 Å². The summed E-state index contributed by atoms with van der Waals surface area (Å²) >= 11 is 1.43. The molecule has 2 aliphatic rings. The lowest BCUT2D eigenvalue weighted by Gasteiger charge is -2.22. The SMILES string of the molecule is Cn1c2c(c3scnc31)C1CN(C2)C(=O)N1OS(=O)(=O)O. The van der Waals surface area contributed by atoms with Gasteiger partial charge in [-0.15, -0.1) is 15.6 Å². The Kier molecular flexibility index (Phi) is 2.44. The van der Waals surface area contributed by atoms with E-state index in [0.717, 1.165) is 26.7 Å². The number of amides is 2. The highest BCUT2D eigenvalue weighted by atomic mass is 32.3. The van der Waals surface area contributed by atoms with Gasteiger partial charge in [-0.1, -0.05) is 0 Å². The first-order valence-corrected chi connectivity index (χ1v) is 8.27. The van der Waals surface area contributed by atoms with Gasteiger partial charge in [-0.3, -0.25) is 4.55 Å². The van der Waals surface area contributed by atoms with Crippen molar-refractivity contribution in [2.24, 2.45) is 7.05 Å². The van der Waals surface area contributed by atoms with Crippen LogP contribution >= 0.6 is 11.3 Å². The minimum atomic E-state index is -4.76. The Morgan fingerprint density at radius 2 is 2.29 bits per heavy atom. The first-order valence-electron chi connectivity index (χ1n) is 6.02. The lowest BCUT2D eigenvalue weighted by atomic mass is 10.0. The minimum absolute atomic E-state index is 0.318. The molecule has 1 N–H and O–H groups in total. The van der Waals surface area contributed by atoms with Crippen LogP contribution in [-0.2, 0) is 28.3 Å². The molecule has 112 valence electrons. The zero-order valence-electron chi connectivity index (χ0n) is 10.8. The largest absolute Gasteiger partial charge is 0.418 e. The van der Waals surface area contributed by atoms with E-state index in [1.807, 2.05) is 11.6 Å². The van der Waals surface area contributed by atoms with Crippen LogP contribution in [0, 0.1) is 0 Å². The highest BCUT2D eigenvalue weighted by Gasteiger charge is 2.48. The first-order chi connectivity index (χ1) is 9.87. The van der Waals surface area contributed by atoms with Crippen molar-refractivity contribution >= 4 is 38.1 Å². The molecule has 1 fully saturated rings. The van der Waals surface area contributed by atoms with Crippen LogP contribution < -0.4 is 0 Å². The average Bonchev–Trinajstić information content (AvgIpc) is 3.03. The van der Waals surface area contributed by atoms with Gasteiger partial charge in [0.15, 0.2) is 5.65 Å². The molecule has 2 aromatic heterocycles. The predicted octanol–water partition coefficient (Wildman–Crippen LogP) is 0.661. The molecule has 2 aromatic rings. The fraction of sp³-hybridized carbons (Fsp3) is 0.400. The van der Waals surface area contributed by atoms with Gasteiger partial charge < -0.3 is 9.47 Å². The van der Waals surface area contributed by atoms with E-state index in [1.54, 1.807) is 5.51 Å². The molecule has 9 nitrogen and oxygen atoms in total. The van der Waals surface area contributed by atoms with E-state index in [4.69, 9.17) is 4.55 Å². The fourth-order valence-corrected chi connectivity index (χ4v) is 4.28. The normalized spacial score (nSPS) is 21.4. The van der Waals surface area contributed by atoms with Crippen LogP contribution in [0.1, 0.15) is 17.3 Å². The predicted molar refractivity (Wildman–Crippen MR) is 71.6 cm³/mol. The molecule has 0 radical (unpaired) electrons. The molecular formula is C10H10N4O5S2. The zero-order chi connectivity index (χ0) is 14.9. The Labute approximate surface area is 123 Å². The number of aromatic nitrogens is 2. The quantitative estimate of drug-likeness (QED) is 0.811. The van der Waals surface area contributed by atoms with Crippen LogP contribution in [0.25, 0.3) is 10.3 Å². The Bertz CT molecular complexity index is 870. The Morgan fingerprint density at radius 3 is 3.00 bits per heavy atom. The molecule has 11 heteroatoms. The van der Waals surface area contributed by atoms with Gasteiger partial charge >= 0.3 is 16.4 Å². The van der Waals surface area contributed by atoms with Crippen molar-refractivity contribution in [3.8, 4) is 0 Å². The summed E-state index contributed by atoms with van der Waals surface area (Å²) in [5.74, 6) is 0. The van der Waals surface area contributed by atoms with Crippen molar-refractivity contribution in [3.63, 3.8) is 0 Å². The molecule has 1 atom stereocenters. The monoisotopic (exact) mass is 330 g/mol. The zero-order valence-corrected chi connectivity index (χ0v) is 12.4. The van der Waals surface area contributed by atoms with E-state index in [2.05, 4.69) is 9.27 Å². The maximum atomic E-state index is 12.1. The number of rotatable bonds is 2. The van der Waals surface area contributed by atoms with Crippen molar-refractivity contribution in [1.82, 2.24) is 19.5 Å². The van der Waals surface area contributed by atoms with E-state index in [1.165, 1.54) is 16.2 Å². The highest BCUT2D eigenvalue weighted by Crippen LogP contribution is 2.44. The second-order valence-corrected chi connectivity index (χ2v) is 6.79. The van der Waals surface area contributed by atoms with Gasteiger partial charge in [-0.05, 0) is 0 Å². The van der Waals surface area contributed by atoms with Crippen molar-refractivity contribution < 1.29 is 22.0 Å². The molecule has 1 unspecified atom stereocenters. The molecule has 4 heterocycles. The summed E-state index contributed by atoms with van der Waals surface area (Å²) in [6.07, 6.45) is 0. The number of hydroxylamine groups is 2. The van der Waals surface area contributed by atoms with E-state index >= 15 is 0 Å². The van der Waals surface area contributed by atoms with Crippen LogP contribution in [-0.4, -0.2) is 45.1 Å². The van der Waals surface area contributed by atoms with E-state index in [0.29, 0.717) is 13.1 Å². The number of thiazole rings is 1. The maximum Gasteiger partial charge on any atom is 0.418 e. The molecule has 0 aliphatic carbocycles. The van der Waals surface area contributed by atoms with Crippen molar-refractivity contribution in [2.75, 3.05) is 6.54 Å². The lowest BCUT2D eigenvalue weighted by molar-refractivity contribution is -0.0312. The molecule has 21 heavy (non-hydrogen) atoms. The fourth-order valence-electron chi connectivity index (χ4n) is 2.98. The molecule has 0 aromatic carbocycles.